The highest BCUT2D eigenvalue weighted by Crippen LogP contribution is 2.21. The molecule has 0 fully saturated rings. The van der Waals surface area contributed by atoms with Gasteiger partial charge < -0.3 is 20.6 Å². The molecule has 3 aromatic rings. The molecule has 3 rings (SSSR count). The predicted octanol–water partition coefficient (Wildman–Crippen LogP) is 2.69. The summed E-state index contributed by atoms with van der Waals surface area (Å²) >= 11 is 1.35. The van der Waals surface area contributed by atoms with E-state index >= 15 is 0 Å². The highest BCUT2D eigenvalue weighted by molar-refractivity contribution is 7.99. The fourth-order valence-electron chi connectivity index (χ4n) is 3.66. The van der Waals surface area contributed by atoms with Crippen molar-refractivity contribution in [1.29, 1.82) is 0 Å². The van der Waals surface area contributed by atoms with Crippen LogP contribution < -0.4 is 10.0 Å². The topological polar surface area (TPSA) is 187 Å². The SMILES string of the molecule is O=C(O)C[C@H](NC(=O)c1ccc(CNS(=O)(=O)c2ccc(O)c(C(=O)O)c2)cc1)C(=O)CSCCc1ccccc1. The van der Waals surface area contributed by atoms with Crippen molar-refractivity contribution in [1.82, 2.24) is 10.0 Å². The fraction of sp³-hybridized carbons (Fsp3) is 0.214. The lowest BCUT2D eigenvalue weighted by molar-refractivity contribution is -0.139. The van der Waals surface area contributed by atoms with Crippen molar-refractivity contribution in [2.45, 2.75) is 30.3 Å². The number of sulfonamides is 1. The molecule has 0 heterocycles. The van der Waals surface area contributed by atoms with Crippen LogP contribution in [0.3, 0.4) is 0 Å². The Labute approximate surface area is 240 Å². The maximum absolute atomic E-state index is 12.7. The number of carbonyl (C=O) groups excluding carboxylic acids is 2. The Balaban J connectivity index is 1.56. The number of phenols is 1. The van der Waals surface area contributed by atoms with Gasteiger partial charge in [-0.1, -0.05) is 42.5 Å². The van der Waals surface area contributed by atoms with E-state index in [4.69, 9.17) is 5.11 Å². The molecule has 0 aliphatic rings. The number of Topliss-reactive ketones (excluding diaryl/α,β-unsaturated/α-hetero) is 1. The van der Waals surface area contributed by atoms with E-state index in [1.54, 1.807) is 0 Å². The van der Waals surface area contributed by atoms with Crippen LogP contribution >= 0.6 is 11.8 Å². The molecule has 1 atom stereocenters. The van der Waals surface area contributed by atoms with E-state index in [0.717, 1.165) is 30.2 Å². The first-order valence-electron chi connectivity index (χ1n) is 12.3. The van der Waals surface area contributed by atoms with Gasteiger partial charge in [-0.05, 0) is 53.6 Å². The van der Waals surface area contributed by atoms with E-state index in [-0.39, 0.29) is 22.8 Å². The number of hydrogen-bond donors (Lipinski definition) is 5. The zero-order valence-electron chi connectivity index (χ0n) is 21.6. The third-order valence-corrected chi connectivity index (χ3v) is 8.27. The lowest BCUT2D eigenvalue weighted by Crippen LogP contribution is -2.43. The van der Waals surface area contributed by atoms with E-state index in [1.165, 1.54) is 36.0 Å². The maximum atomic E-state index is 12.7. The highest BCUT2D eigenvalue weighted by atomic mass is 32.2. The van der Waals surface area contributed by atoms with Gasteiger partial charge in [0.1, 0.15) is 11.3 Å². The summed E-state index contributed by atoms with van der Waals surface area (Å²) in [4.78, 5) is 47.5. The largest absolute Gasteiger partial charge is 0.507 e. The van der Waals surface area contributed by atoms with Gasteiger partial charge in [0.15, 0.2) is 5.78 Å². The van der Waals surface area contributed by atoms with Crippen molar-refractivity contribution in [2.75, 3.05) is 11.5 Å². The standard InChI is InChI=1S/C28H28N2O9S2/c31-24-11-10-21(14-22(24)28(36)37)41(38,39)29-16-19-6-8-20(9-7-19)27(35)30-23(15-26(33)34)25(32)17-40-13-12-18-4-2-1-3-5-18/h1-11,14,23,29,31H,12-13,15-17H2,(H,30,35)(H,33,34)(H,36,37)/t23-/m0/s1. The lowest BCUT2D eigenvalue weighted by atomic mass is 10.1. The lowest BCUT2D eigenvalue weighted by Gasteiger charge is -2.16. The van der Waals surface area contributed by atoms with E-state index in [9.17, 15) is 37.8 Å². The second-order valence-corrected chi connectivity index (χ2v) is 11.8. The number of amides is 1. The number of carboxylic acids is 2. The summed E-state index contributed by atoms with van der Waals surface area (Å²) in [6, 6.07) is 17.1. The van der Waals surface area contributed by atoms with Gasteiger partial charge >= 0.3 is 11.9 Å². The molecule has 13 heteroatoms. The van der Waals surface area contributed by atoms with Crippen molar-refractivity contribution in [2.24, 2.45) is 0 Å². The van der Waals surface area contributed by atoms with Gasteiger partial charge in [0.05, 0.1) is 23.1 Å². The molecule has 1 amide bonds. The summed E-state index contributed by atoms with van der Waals surface area (Å²) in [6.45, 7) is -0.187. The minimum absolute atomic E-state index is 0.0408. The third-order valence-electron chi connectivity index (χ3n) is 5.89. The second-order valence-electron chi connectivity index (χ2n) is 8.88. The van der Waals surface area contributed by atoms with E-state index < -0.39 is 57.4 Å². The summed E-state index contributed by atoms with van der Waals surface area (Å²) in [7, 11) is -4.12. The van der Waals surface area contributed by atoms with E-state index in [2.05, 4.69) is 10.0 Å². The minimum Gasteiger partial charge on any atom is -0.507 e. The summed E-state index contributed by atoms with van der Waals surface area (Å²) in [6.07, 6.45) is 0.181. The Morgan fingerprint density at radius 1 is 0.878 bits per heavy atom. The molecule has 11 nitrogen and oxygen atoms in total. The number of aliphatic carboxylic acids is 1. The van der Waals surface area contributed by atoms with Crippen molar-refractivity contribution >= 4 is 45.4 Å². The first-order valence-corrected chi connectivity index (χ1v) is 14.9. The molecule has 41 heavy (non-hydrogen) atoms. The zero-order chi connectivity index (χ0) is 30.0. The Morgan fingerprint density at radius 3 is 2.20 bits per heavy atom. The van der Waals surface area contributed by atoms with Crippen LogP contribution in [0.1, 0.15) is 38.3 Å². The molecule has 0 spiro atoms. The number of aromatic carboxylic acids is 1. The highest BCUT2D eigenvalue weighted by Gasteiger charge is 2.24. The minimum atomic E-state index is -4.12. The normalized spacial score (nSPS) is 11.9. The van der Waals surface area contributed by atoms with Crippen LogP contribution in [-0.4, -0.2) is 64.9 Å². The number of nitrogens with one attached hydrogen (secondary N) is 2. The van der Waals surface area contributed by atoms with Crippen LogP contribution in [0.5, 0.6) is 5.75 Å². The van der Waals surface area contributed by atoms with E-state index in [0.29, 0.717) is 11.3 Å². The van der Waals surface area contributed by atoms with Crippen LogP contribution in [0.15, 0.2) is 77.7 Å². The van der Waals surface area contributed by atoms with Gasteiger partial charge in [-0.3, -0.25) is 14.4 Å². The molecule has 0 aliphatic carbocycles. The fourth-order valence-corrected chi connectivity index (χ4v) is 5.63. The third kappa shape index (κ3) is 9.45. The molecule has 0 unspecified atom stereocenters. The number of rotatable bonds is 15. The molecule has 0 saturated heterocycles. The molecule has 3 aromatic carbocycles. The Bertz CT molecular complexity index is 1510. The van der Waals surface area contributed by atoms with Gasteiger partial charge in [0, 0.05) is 12.1 Å². The number of aromatic hydroxyl groups is 1. The van der Waals surface area contributed by atoms with Crippen molar-refractivity contribution in [3.05, 3.63) is 95.1 Å². The van der Waals surface area contributed by atoms with Gasteiger partial charge in [0.2, 0.25) is 10.0 Å². The average molecular weight is 601 g/mol. The Hall–Kier alpha value is -4.20. The molecule has 5 N–H and O–H groups in total. The zero-order valence-corrected chi connectivity index (χ0v) is 23.3. The molecule has 216 valence electrons. The van der Waals surface area contributed by atoms with E-state index in [1.807, 2.05) is 30.3 Å². The number of aryl methyl sites for hydroxylation is 1. The van der Waals surface area contributed by atoms with Gasteiger partial charge in [-0.25, -0.2) is 17.9 Å². The molecule has 0 aliphatic heterocycles. The smallest absolute Gasteiger partial charge is 0.339 e. The van der Waals surface area contributed by atoms with Crippen LogP contribution in [0.2, 0.25) is 0 Å². The van der Waals surface area contributed by atoms with Gasteiger partial charge in [-0.2, -0.15) is 11.8 Å². The summed E-state index contributed by atoms with van der Waals surface area (Å²) < 4.78 is 27.5. The maximum Gasteiger partial charge on any atom is 0.339 e. The Morgan fingerprint density at radius 2 is 1.56 bits per heavy atom. The molecule has 0 bridgehead atoms. The van der Waals surface area contributed by atoms with Crippen LogP contribution in [0.4, 0.5) is 0 Å². The van der Waals surface area contributed by atoms with Crippen LogP contribution in [0, 0.1) is 0 Å². The number of thioether (sulfide) groups is 1. The summed E-state index contributed by atoms with van der Waals surface area (Å²) in [5.41, 5.74) is 1.16. The molecule has 0 aromatic heterocycles. The molecule has 0 radical (unpaired) electrons. The molecular formula is C28H28N2O9S2. The van der Waals surface area contributed by atoms with Crippen molar-refractivity contribution in [3.63, 3.8) is 0 Å². The first-order chi connectivity index (χ1) is 19.5. The predicted molar refractivity (Wildman–Crippen MR) is 152 cm³/mol. The van der Waals surface area contributed by atoms with Gasteiger partial charge in [-0.15, -0.1) is 0 Å². The number of carbonyl (C=O) groups is 4. The van der Waals surface area contributed by atoms with Crippen LogP contribution in [-0.2, 0) is 32.6 Å². The summed E-state index contributed by atoms with van der Waals surface area (Å²) in [5.74, 6) is -3.66. The number of carboxylic acid groups (broad SMARTS) is 2. The average Bonchev–Trinajstić information content (AvgIpc) is 2.94. The Kier molecular flexibility index (Phi) is 11.0. The van der Waals surface area contributed by atoms with Crippen molar-refractivity contribution < 1.29 is 42.9 Å². The molecule has 0 saturated carbocycles. The second kappa shape index (κ2) is 14.4. The van der Waals surface area contributed by atoms with Gasteiger partial charge in [0.25, 0.3) is 5.91 Å². The summed E-state index contributed by atoms with van der Waals surface area (Å²) in [5, 5.41) is 30.4. The van der Waals surface area contributed by atoms with Crippen molar-refractivity contribution in [3.8, 4) is 5.75 Å². The molecular weight excluding hydrogens is 572 g/mol. The monoisotopic (exact) mass is 600 g/mol. The number of hydrogen-bond acceptors (Lipinski definition) is 8. The first kappa shape index (κ1) is 31.3. The number of ketones is 1. The van der Waals surface area contributed by atoms with Crippen LogP contribution in [0.25, 0.3) is 0 Å². The number of benzene rings is 3. The quantitative estimate of drug-likeness (QED) is 0.162.